The lowest BCUT2D eigenvalue weighted by molar-refractivity contribution is 0.0936. The molecular weight excluding hydrogens is 332 g/mol. The van der Waals surface area contributed by atoms with Crippen molar-refractivity contribution in [1.29, 1.82) is 0 Å². The standard InChI is InChI=1S/C19H20N4O3/c1-11(16(24)14-8-7-12-5-4-6-13(12)9-14)23-10-20-17-15(23)18(25)22(3)19(26)21(17)2/h7-11H,4-6H2,1-3H3/t11-/m0/s1. The Morgan fingerprint density at radius 3 is 2.62 bits per heavy atom. The highest BCUT2D eigenvalue weighted by molar-refractivity contribution is 5.99. The van der Waals surface area contributed by atoms with Gasteiger partial charge in [-0.3, -0.25) is 18.7 Å². The Labute approximate surface area is 149 Å². The number of carbonyl (C=O) groups is 1. The normalized spacial score (nSPS) is 14.6. The number of nitrogens with zero attached hydrogens (tertiary/aromatic N) is 4. The molecule has 134 valence electrons. The molecule has 0 N–H and O–H groups in total. The number of aryl methyl sites for hydroxylation is 3. The van der Waals surface area contributed by atoms with Crippen molar-refractivity contribution in [3.63, 3.8) is 0 Å². The van der Waals surface area contributed by atoms with E-state index in [9.17, 15) is 14.4 Å². The van der Waals surface area contributed by atoms with Gasteiger partial charge in [0.15, 0.2) is 16.9 Å². The van der Waals surface area contributed by atoms with Gasteiger partial charge in [0.05, 0.1) is 12.4 Å². The predicted molar refractivity (Wildman–Crippen MR) is 97.7 cm³/mol. The third kappa shape index (κ3) is 2.27. The van der Waals surface area contributed by atoms with Crippen LogP contribution in [0, 0.1) is 0 Å². The fourth-order valence-corrected chi connectivity index (χ4v) is 3.75. The van der Waals surface area contributed by atoms with Crippen LogP contribution in [0.15, 0.2) is 34.1 Å². The zero-order valence-corrected chi connectivity index (χ0v) is 15.0. The fourth-order valence-electron chi connectivity index (χ4n) is 3.75. The molecule has 0 spiro atoms. The summed E-state index contributed by atoms with van der Waals surface area (Å²) in [6, 6.07) is 5.26. The third-order valence-electron chi connectivity index (χ3n) is 5.35. The smallest absolute Gasteiger partial charge is 0.314 e. The first kappa shape index (κ1) is 16.5. The van der Waals surface area contributed by atoms with Gasteiger partial charge in [0.2, 0.25) is 0 Å². The van der Waals surface area contributed by atoms with Crippen LogP contribution in [0.5, 0.6) is 0 Å². The second-order valence-electron chi connectivity index (χ2n) is 6.91. The van der Waals surface area contributed by atoms with Gasteiger partial charge in [0.25, 0.3) is 5.56 Å². The molecule has 0 amide bonds. The number of Topliss-reactive ketones (excluding diaryl/α,β-unsaturated/α-hetero) is 1. The van der Waals surface area contributed by atoms with E-state index >= 15 is 0 Å². The summed E-state index contributed by atoms with van der Waals surface area (Å²) >= 11 is 0. The molecule has 0 radical (unpaired) electrons. The number of hydrogen-bond donors (Lipinski definition) is 0. The Morgan fingerprint density at radius 1 is 1.12 bits per heavy atom. The van der Waals surface area contributed by atoms with Crippen LogP contribution in [0.2, 0.25) is 0 Å². The number of aromatic nitrogens is 4. The van der Waals surface area contributed by atoms with Crippen molar-refractivity contribution in [3.8, 4) is 0 Å². The number of imidazole rings is 1. The lowest BCUT2D eigenvalue weighted by Gasteiger charge is -2.14. The summed E-state index contributed by atoms with van der Waals surface area (Å²) in [6.45, 7) is 1.75. The molecule has 2 heterocycles. The first-order valence-electron chi connectivity index (χ1n) is 8.68. The van der Waals surface area contributed by atoms with Crippen molar-refractivity contribution in [2.24, 2.45) is 14.1 Å². The highest BCUT2D eigenvalue weighted by Gasteiger charge is 2.23. The minimum absolute atomic E-state index is 0.0742. The molecule has 0 saturated heterocycles. The Bertz CT molecular complexity index is 1170. The molecule has 1 aliphatic carbocycles. The molecule has 0 bridgehead atoms. The molecule has 0 saturated carbocycles. The van der Waals surface area contributed by atoms with E-state index in [0.717, 1.165) is 23.8 Å². The number of hydrogen-bond acceptors (Lipinski definition) is 4. The summed E-state index contributed by atoms with van der Waals surface area (Å²) < 4.78 is 3.92. The Hall–Kier alpha value is -2.96. The minimum atomic E-state index is -0.593. The van der Waals surface area contributed by atoms with E-state index in [1.807, 2.05) is 18.2 Å². The zero-order chi connectivity index (χ0) is 18.6. The predicted octanol–water partition coefficient (Wildman–Crippen LogP) is 1.37. The van der Waals surface area contributed by atoms with Crippen LogP contribution >= 0.6 is 0 Å². The van der Waals surface area contributed by atoms with Crippen LogP contribution in [0.1, 0.15) is 40.9 Å². The van der Waals surface area contributed by atoms with E-state index in [1.54, 1.807) is 18.5 Å². The van der Waals surface area contributed by atoms with Gasteiger partial charge in [-0.05, 0) is 43.4 Å². The number of fused-ring (bicyclic) bond motifs is 2. The molecule has 7 nitrogen and oxygen atoms in total. The molecule has 2 aromatic heterocycles. The van der Waals surface area contributed by atoms with E-state index < -0.39 is 17.3 Å². The van der Waals surface area contributed by atoms with Gasteiger partial charge in [-0.25, -0.2) is 9.78 Å². The number of ketones is 1. The van der Waals surface area contributed by atoms with Crippen molar-refractivity contribution < 1.29 is 4.79 Å². The largest absolute Gasteiger partial charge is 0.332 e. The average Bonchev–Trinajstić information content (AvgIpc) is 3.29. The second-order valence-corrected chi connectivity index (χ2v) is 6.91. The molecule has 0 aliphatic heterocycles. The summed E-state index contributed by atoms with van der Waals surface area (Å²) in [7, 11) is 2.99. The molecule has 26 heavy (non-hydrogen) atoms. The highest BCUT2D eigenvalue weighted by atomic mass is 16.2. The summed E-state index contributed by atoms with van der Waals surface area (Å²) in [5.41, 5.74) is 2.84. The summed E-state index contributed by atoms with van der Waals surface area (Å²) in [5, 5.41) is 0. The van der Waals surface area contributed by atoms with Crippen LogP contribution in [0.3, 0.4) is 0 Å². The first-order valence-corrected chi connectivity index (χ1v) is 8.68. The molecular formula is C19H20N4O3. The maximum absolute atomic E-state index is 13.0. The number of rotatable bonds is 3. The number of carbonyl (C=O) groups excluding carboxylic acids is 1. The van der Waals surface area contributed by atoms with Gasteiger partial charge in [-0.15, -0.1) is 0 Å². The van der Waals surface area contributed by atoms with Crippen LogP contribution < -0.4 is 11.2 Å². The molecule has 0 unspecified atom stereocenters. The quantitative estimate of drug-likeness (QED) is 0.667. The van der Waals surface area contributed by atoms with E-state index in [0.29, 0.717) is 5.56 Å². The van der Waals surface area contributed by atoms with Gasteiger partial charge in [0.1, 0.15) is 0 Å². The van der Waals surface area contributed by atoms with Crippen LogP contribution in [-0.2, 0) is 26.9 Å². The van der Waals surface area contributed by atoms with E-state index in [-0.39, 0.29) is 16.9 Å². The molecule has 4 rings (SSSR count). The van der Waals surface area contributed by atoms with Gasteiger partial charge >= 0.3 is 5.69 Å². The number of benzene rings is 1. The fraction of sp³-hybridized carbons (Fsp3) is 0.368. The monoisotopic (exact) mass is 352 g/mol. The van der Waals surface area contributed by atoms with E-state index in [2.05, 4.69) is 4.98 Å². The van der Waals surface area contributed by atoms with Gasteiger partial charge in [-0.1, -0.05) is 12.1 Å². The Balaban J connectivity index is 1.82. The van der Waals surface area contributed by atoms with Crippen molar-refractivity contribution in [3.05, 3.63) is 62.1 Å². The molecule has 1 aromatic carbocycles. The second kappa shape index (κ2) is 5.79. The third-order valence-corrected chi connectivity index (χ3v) is 5.35. The topological polar surface area (TPSA) is 78.9 Å². The van der Waals surface area contributed by atoms with Crippen molar-refractivity contribution in [1.82, 2.24) is 18.7 Å². The average molecular weight is 352 g/mol. The van der Waals surface area contributed by atoms with E-state index in [1.165, 1.54) is 29.1 Å². The Kier molecular flexibility index (Phi) is 3.68. The van der Waals surface area contributed by atoms with Crippen molar-refractivity contribution >= 4 is 16.9 Å². The molecule has 3 aromatic rings. The molecule has 7 heteroatoms. The molecule has 1 atom stereocenters. The molecule has 0 fully saturated rings. The van der Waals surface area contributed by atoms with Gasteiger partial charge < -0.3 is 4.57 Å². The maximum atomic E-state index is 13.0. The van der Waals surface area contributed by atoms with Crippen molar-refractivity contribution in [2.75, 3.05) is 0 Å². The first-order chi connectivity index (χ1) is 12.4. The zero-order valence-electron chi connectivity index (χ0n) is 15.0. The minimum Gasteiger partial charge on any atom is -0.314 e. The van der Waals surface area contributed by atoms with Gasteiger partial charge in [-0.2, -0.15) is 0 Å². The SMILES string of the molecule is C[C@@H](C(=O)c1ccc2c(c1)CCC2)n1cnc2c1c(=O)n(C)c(=O)n2C. The van der Waals surface area contributed by atoms with Crippen molar-refractivity contribution in [2.45, 2.75) is 32.2 Å². The Morgan fingerprint density at radius 2 is 1.85 bits per heavy atom. The summed E-state index contributed by atoms with van der Waals surface area (Å²) in [5.74, 6) is -0.0742. The van der Waals surface area contributed by atoms with Crippen LogP contribution in [0.4, 0.5) is 0 Å². The van der Waals surface area contributed by atoms with Gasteiger partial charge in [0, 0.05) is 19.7 Å². The maximum Gasteiger partial charge on any atom is 0.332 e. The highest BCUT2D eigenvalue weighted by Crippen LogP contribution is 2.25. The lowest BCUT2D eigenvalue weighted by Crippen LogP contribution is -2.38. The summed E-state index contributed by atoms with van der Waals surface area (Å²) in [6.07, 6.45) is 4.65. The molecule has 1 aliphatic rings. The lowest BCUT2D eigenvalue weighted by atomic mass is 10.0. The van der Waals surface area contributed by atoms with Crippen LogP contribution in [0.25, 0.3) is 11.2 Å². The van der Waals surface area contributed by atoms with Crippen LogP contribution in [-0.4, -0.2) is 24.5 Å². The van der Waals surface area contributed by atoms with E-state index in [4.69, 9.17) is 0 Å². The summed E-state index contributed by atoms with van der Waals surface area (Å²) in [4.78, 5) is 41.8.